The van der Waals surface area contributed by atoms with Crippen LogP contribution in [0.15, 0.2) is 30.9 Å². The topological polar surface area (TPSA) is 86.2 Å². The van der Waals surface area contributed by atoms with E-state index in [2.05, 4.69) is 15.1 Å². The lowest BCUT2D eigenvalue weighted by Gasteiger charge is -2.03. The van der Waals surface area contributed by atoms with Gasteiger partial charge in [-0.15, -0.1) is 0 Å². The number of rotatable bonds is 1. The quantitative estimate of drug-likeness (QED) is 0.633. The summed E-state index contributed by atoms with van der Waals surface area (Å²) in [7, 11) is 0. The van der Waals surface area contributed by atoms with E-state index in [0.29, 0.717) is 11.2 Å². The molecule has 0 aliphatic heterocycles. The first-order chi connectivity index (χ1) is 7.77. The van der Waals surface area contributed by atoms with Gasteiger partial charge in [0.25, 0.3) is 5.91 Å². The number of amides is 1. The molecule has 0 atom stereocenters. The summed E-state index contributed by atoms with van der Waals surface area (Å²) < 4.78 is 1.56. The molecule has 16 heavy (non-hydrogen) atoms. The van der Waals surface area contributed by atoms with Crippen LogP contribution in [0.2, 0.25) is 0 Å². The van der Waals surface area contributed by atoms with Crippen LogP contribution in [0.3, 0.4) is 0 Å². The lowest BCUT2D eigenvalue weighted by Crippen LogP contribution is -2.13. The Bertz CT molecular complexity index is 703. The molecule has 0 aliphatic carbocycles. The molecule has 2 N–H and O–H groups in total. The molecular formula is C10H7N5O. The van der Waals surface area contributed by atoms with E-state index < -0.39 is 5.91 Å². The molecule has 0 fully saturated rings. The van der Waals surface area contributed by atoms with Crippen molar-refractivity contribution in [2.24, 2.45) is 5.73 Å². The third-order valence-corrected chi connectivity index (χ3v) is 2.41. The van der Waals surface area contributed by atoms with E-state index in [1.165, 1.54) is 6.33 Å². The zero-order chi connectivity index (χ0) is 11.1. The number of carbonyl (C=O) groups excluding carboxylic acids is 1. The van der Waals surface area contributed by atoms with Crippen LogP contribution in [0, 0.1) is 0 Å². The van der Waals surface area contributed by atoms with Crippen LogP contribution in [0.25, 0.3) is 16.6 Å². The summed E-state index contributed by atoms with van der Waals surface area (Å²) in [6.07, 6.45) is 4.70. The Balaban J connectivity index is 2.58. The Morgan fingerprint density at radius 3 is 3.12 bits per heavy atom. The minimum Gasteiger partial charge on any atom is -0.365 e. The maximum atomic E-state index is 11.3. The van der Waals surface area contributed by atoms with Gasteiger partial charge >= 0.3 is 0 Å². The molecule has 6 heteroatoms. The first-order valence-corrected chi connectivity index (χ1v) is 4.63. The number of hydrogen-bond acceptors (Lipinski definition) is 4. The number of pyridine rings is 2. The highest BCUT2D eigenvalue weighted by Crippen LogP contribution is 2.17. The van der Waals surface area contributed by atoms with Gasteiger partial charge < -0.3 is 5.73 Å². The Morgan fingerprint density at radius 1 is 1.44 bits per heavy atom. The molecule has 3 heterocycles. The Kier molecular flexibility index (Phi) is 1.64. The molecular weight excluding hydrogens is 206 g/mol. The van der Waals surface area contributed by atoms with E-state index in [-0.39, 0.29) is 0 Å². The standard InChI is InChI=1S/C10H7N5O/c11-9(16)7-3-6-1-2-12-4-8(6)15-10(7)13-5-14-15/h1-5H,(H2,11,16). The average Bonchev–Trinajstić information content (AvgIpc) is 2.76. The van der Waals surface area contributed by atoms with Crippen molar-refractivity contribution in [3.63, 3.8) is 0 Å². The van der Waals surface area contributed by atoms with Gasteiger partial charge in [0.2, 0.25) is 0 Å². The lowest BCUT2D eigenvalue weighted by atomic mass is 10.2. The fourth-order valence-electron chi connectivity index (χ4n) is 1.70. The van der Waals surface area contributed by atoms with Gasteiger partial charge in [0.1, 0.15) is 6.33 Å². The van der Waals surface area contributed by atoms with Crippen molar-refractivity contribution in [1.29, 1.82) is 0 Å². The van der Waals surface area contributed by atoms with Gasteiger partial charge in [-0.1, -0.05) is 0 Å². The molecule has 0 radical (unpaired) electrons. The summed E-state index contributed by atoms with van der Waals surface area (Å²) >= 11 is 0. The Labute approximate surface area is 89.7 Å². The SMILES string of the molecule is NC(=O)c1cc2ccncc2n2ncnc12. The predicted molar refractivity (Wildman–Crippen MR) is 56.8 cm³/mol. The van der Waals surface area contributed by atoms with Gasteiger partial charge in [-0.3, -0.25) is 9.78 Å². The van der Waals surface area contributed by atoms with Crippen molar-refractivity contribution < 1.29 is 4.79 Å². The Hall–Kier alpha value is -2.50. The van der Waals surface area contributed by atoms with Crippen LogP contribution in [-0.4, -0.2) is 25.5 Å². The monoisotopic (exact) mass is 213 g/mol. The van der Waals surface area contributed by atoms with Crippen LogP contribution >= 0.6 is 0 Å². The van der Waals surface area contributed by atoms with Crippen molar-refractivity contribution in [3.05, 3.63) is 36.4 Å². The lowest BCUT2D eigenvalue weighted by molar-refractivity contribution is 0.100. The zero-order valence-electron chi connectivity index (χ0n) is 8.16. The highest BCUT2D eigenvalue weighted by Gasteiger charge is 2.12. The van der Waals surface area contributed by atoms with Gasteiger partial charge in [-0.25, -0.2) is 9.50 Å². The summed E-state index contributed by atoms with van der Waals surface area (Å²) in [6, 6.07) is 3.49. The minimum absolute atomic E-state index is 0.358. The maximum absolute atomic E-state index is 11.3. The number of carbonyl (C=O) groups is 1. The van der Waals surface area contributed by atoms with Crippen LogP contribution < -0.4 is 5.73 Å². The second-order valence-corrected chi connectivity index (χ2v) is 3.35. The van der Waals surface area contributed by atoms with Gasteiger partial charge in [0, 0.05) is 11.6 Å². The highest BCUT2D eigenvalue weighted by atomic mass is 16.1. The maximum Gasteiger partial charge on any atom is 0.252 e. The number of primary amides is 1. The molecule has 0 bridgehead atoms. The average molecular weight is 213 g/mol. The zero-order valence-corrected chi connectivity index (χ0v) is 8.16. The van der Waals surface area contributed by atoms with E-state index in [4.69, 9.17) is 5.73 Å². The van der Waals surface area contributed by atoms with E-state index >= 15 is 0 Å². The van der Waals surface area contributed by atoms with Crippen molar-refractivity contribution in [2.75, 3.05) is 0 Å². The van der Waals surface area contributed by atoms with Crippen LogP contribution in [-0.2, 0) is 0 Å². The summed E-state index contributed by atoms with van der Waals surface area (Å²) in [5.74, 6) is -0.517. The first kappa shape index (κ1) is 8.78. The van der Waals surface area contributed by atoms with Crippen molar-refractivity contribution in [2.45, 2.75) is 0 Å². The molecule has 0 spiro atoms. The van der Waals surface area contributed by atoms with E-state index in [1.807, 2.05) is 0 Å². The number of hydrogen-bond donors (Lipinski definition) is 1. The van der Waals surface area contributed by atoms with Crippen molar-refractivity contribution >= 4 is 22.5 Å². The number of aromatic nitrogens is 4. The molecule has 6 nitrogen and oxygen atoms in total. The minimum atomic E-state index is -0.517. The Morgan fingerprint density at radius 2 is 2.31 bits per heavy atom. The normalized spacial score (nSPS) is 11.0. The molecule has 0 unspecified atom stereocenters. The number of nitrogens with two attached hydrogens (primary N) is 1. The van der Waals surface area contributed by atoms with Gasteiger partial charge in [0.15, 0.2) is 5.65 Å². The van der Waals surface area contributed by atoms with E-state index in [9.17, 15) is 4.79 Å². The summed E-state index contributed by atoms with van der Waals surface area (Å²) in [5, 5.41) is 4.90. The molecule has 0 aromatic carbocycles. The molecule has 0 aliphatic rings. The van der Waals surface area contributed by atoms with Crippen LogP contribution in [0.1, 0.15) is 10.4 Å². The van der Waals surface area contributed by atoms with Crippen LogP contribution in [0.4, 0.5) is 0 Å². The molecule has 0 saturated heterocycles. The molecule has 3 aromatic rings. The fraction of sp³-hybridized carbons (Fsp3) is 0. The fourth-order valence-corrected chi connectivity index (χ4v) is 1.70. The van der Waals surface area contributed by atoms with Crippen LogP contribution in [0.5, 0.6) is 0 Å². The second kappa shape index (κ2) is 2.99. The van der Waals surface area contributed by atoms with Gasteiger partial charge in [-0.2, -0.15) is 5.10 Å². The third-order valence-electron chi connectivity index (χ3n) is 2.41. The molecule has 1 amide bonds. The number of fused-ring (bicyclic) bond motifs is 3. The second-order valence-electron chi connectivity index (χ2n) is 3.35. The largest absolute Gasteiger partial charge is 0.365 e. The molecule has 0 saturated carbocycles. The summed E-state index contributed by atoms with van der Waals surface area (Å²) in [5.41, 5.74) is 6.90. The number of nitrogens with zero attached hydrogens (tertiary/aromatic N) is 4. The summed E-state index contributed by atoms with van der Waals surface area (Å²) in [4.78, 5) is 19.3. The predicted octanol–water partition coefficient (Wildman–Crippen LogP) is 0.376. The smallest absolute Gasteiger partial charge is 0.252 e. The van der Waals surface area contributed by atoms with Crippen molar-refractivity contribution in [1.82, 2.24) is 19.6 Å². The van der Waals surface area contributed by atoms with E-state index in [1.54, 1.807) is 29.0 Å². The third kappa shape index (κ3) is 1.07. The molecule has 3 rings (SSSR count). The van der Waals surface area contributed by atoms with Crippen molar-refractivity contribution in [3.8, 4) is 0 Å². The first-order valence-electron chi connectivity index (χ1n) is 4.63. The molecule has 3 aromatic heterocycles. The van der Waals surface area contributed by atoms with Gasteiger partial charge in [-0.05, 0) is 12.1 Å². The molecule has 78 valence electrons. The van der Waals surface area contributed by atoms with Gasteiger partial charge in [0.05, 0.1) is 17.3 Å². The highest BCUT2D eigenvalue weighted by molar-refractivity contribution is 6.02. The summed E-state index contributed by atoms with van der Waals surface area (Å²) in [6.45, 7) is 0. The van der Waals surface area contributed by atoms with E-state index in [0.717, 1.165) is 10.9 Å².